The van der Waals surface area contributed by atoms with Crippen LogP contribution in [0.5, 0.6) is 0 Å². The number of halogens is 2. The van der Waals surface area contributed by atoms with Gasteiger partial charge < -0.3 is 14.3 Å². The van der Waals surface area contributed by atoms with E-state index in [0.29, 0.717) is 35.4 Å². The molecule has 0 bridgehead atoms. The molecule has 3 atom stereocenters. The van der Waals surface area contributed by atoms with Gasteiger partial charge in [0.1, 0.15) is 11.6 Å². The molecule has 188 valence electrons. The third kappa shape index (κ3) is 4.56. The molecule has 3 aromatic heterocycles. The molecule has 0 N–H and O–H groups in total. The maximum Gasteiger partial charge on any atom is 0.270 e. The molecule has 1 aliphatic rings. The number of pyridine rings is 3. The summed E-state index contributed by atoms with van der Waals surface area (Å²) in [5, 5.41) is 0. The van der Waals surface area contributed by atoms with Gasteiger partial charge >= 0.3 is 0 Å². The molecule has 0 saturated carbocycles. The van der Waals surface area contributed by atoms with Crippen molar-refractivity contribution >= 4 is 22.5 Å². The fourth-order valence-corrected chi connectivity index (χ4v) is 5.23. The van der Waals surface area contributed by atoms with Gasteiger partial charge in [0, 0.05) is 44.5 Å². The van der Waals surface area contributed by atoms with E-state index >= 15 is 0 Å². The van der Waals surface area contributed by atoms with Crippen LogP contribution in [0.2, 0.25) is 0 Å². The average molecular weight is 501 g/mol. The van der Waals surface area contributed by atoms with Crippen LogP contribution in [-0.2, 0) is 7.05 Å². The fraction of sp³-hybridized carbons (Fsp3) is 0.286. The summed E-state index contributed by atoms with van der Waals surface area (Å²) in [4.78, 5) is 29.3. The van der Waals surface area contributed by atoms with Crippen molar-refractivity contribution in [3.8, 4) is 0 Å². The van der Waals surface area contributed by atoms with Crippen molar-refractivity contribution in [2.45, 2.75) is 32.0 Å². The number of anilines is 1. The smallest absolute Gasteiger partial charge is 0.270 e. The van der Waals surface area contributed by atoms with E-state index < -0.39 is 5.82 Å². The number of fused-ring (bicyclic) bond motifs is 1. The van der Waals surface area contributed by atoms with Crippen molar-refractivity contribution in [2.24, 2.45) is 7.05 Å². The molecule has 1 aromatic carbocycles. The van der Waals surface area contributed by atoms with E-state index in [9.17, 15) is 13.6 Å². The monoisotopic (exact) mass is 500 g/mol. The first-order chi connectivity index (χ1) is 17.8. The van der Waals surface area contributed by atoms with E-state index in [-0.39, 0.29) is 35.3 Å². The largest absolute Gasteiger partial charge is 0.362 e. The first kappa shape index (κ1) is 24.5. The molecule has 4 heterocycles. The number of hydrogen-bond acceptors (Lipinski definition) is 5. The van der Waals surface area contributed by atoms with Gasteiger partial charge in [-0.3, -0.25) is 14.7 Å². The van der Waals surface area contributed by atoms with Gasteiger partial charge in [-0.1, -0.05) is 18.7 Å². The summed E-state index contributed by atoms with van der Waals surface area (Å²) in [6.07, 6.45) is 2.81. The van der Waals surface area contributed by atoms with Crippen molar-refractivity contribution in [3.05, 3.63) is 105 Å². The molecule has 1 aliphatic heterocycles. The summed E-state index contributed by atoms with van der Waals surface area (Å²) < 4.78 is 29.5. The van der Waals surface area contributed by atoms with Crippen molar-refractivity contribution in [2.75, 3.05) is 18.0 Å². The zero-order valence-corrected chi connectivity index (χ0v) is 20.8. The Hall–Kier alpha value is -4.16. The van der Waals surface area contributed by atoms with E-state index in [2.05, 4.69) is 38.5 Å². The second-order valence-electron chi connectivity index (χ2n) is 9.51. The topological polar surface area (TPSA) is 58.6 Å². The zero-order chi connectivity index (χ0) is 26.3. The van der Waals surface area contributed by atoms with Gasteiger partial charge in [-0.2, -0.15) is 0 Å². The highest BCUT2D eigenvalue weighted by atomic mass is 19.1. The van der Waals surface area contributed by atoms with Crippen LogP contribution in [0.3, 0.4) is 0 Å². The van der Waals surface area contributed by atoms with Gasteiger partial charge in [-0.05, 0) is 55.3 Å². The maximum atomic E-state index is 14.2. The van der Waals surface area contributed by atoms with E-state index in [4.69, 9.17) is 6.57 Å². The predicted octanol–water partition coefficient (Wildman–Crippen LogP) is 4.85. The molecular weight excluding hydrogens is 474 g/mol. The van der Waals surface area contributed by atoms with Crippen LogP contribution in [0.15, 0.2) is 65.7 Å². The molecule has 1 saturated heterocycles. The number of aromatic nitrogens is 3. The van der Waals surface area contributed by atoms with Crippen LogP contribution in [0.25, 0.3) is 15.9 Å². The highest BCUT2D eigenvalue weighted by Crippen LogP contribution is 2.36. The molecule has 0 aliphatic carbocycles. The lowest BCUT2D eigenvalue weighted by Gasteiger charge is -2.48. The van der Waals surface area contributed by atoms with Crippen molar-refractivity contribution in [1.82, 2.24) is 19.4 Å². The number of nitrogens with zero attached hydrogens (tertiary/aromatic N) is 6. The highest BCUT2D eigenvalue weighted by molar-refractivity contribution is 5.89. The molecule has 1 fully saturated rings. The van der Waals surface area contributed by atoms with Crippen LogP contribution in [0.1, 0.15) is 31.0 Å². The molecule has 1 unspecified atom stereocenters. The maximum absolute atomic E-state index is 14.2. The second kappa shape index (κ2) is 9.71. The quantitative estimate of drug-likeness (QED) is 0.375. The number of benzene rings is 1. The summed E-state index contributed by atoms with van der Waals surface area (Å²) in [6.45, 7) is 12.7. The second-order valence-corrected chi connectivity index (χ2v) is 9.51. The predicted molar refractivity (Wildman–Crippen MR) is 139 cm³/mol. The molecule has 37 heavy (non-hydrogen) atoms. The molecule has 4 aromatic rings. The molecular formula is C28H26F2N6O. The Morgan fingerprint density at radius 1 is 0.973 bits per heavy atom. The lowest BCUT2D eigenvalue weighted by atomic mass is 9.94. The summed E-state index contributed by atoms with van der Waals surface area (Å²) in [5.41, 5.74) is 3.32. The minimum absolute atomic E-state index is 0.0299. The SMILES string of the molecule is [C-]#[N+]c1ccc2c(n1)c(N1C[C@@H](C)N(C(c3ccc(F)cc3)c3cncc(F)c3)C[C@@H]1C)cc(=O)n2C. The van der Waals surface area contributed by atoms with Gasteiger partial charge in [0.25, 0.3) is 11.4 Å². The lowest BCUT2D eigenvalue weighted by Crippen LogP contribution is -2.57. The Bertz CT molecular complexity index is 1560. The summed E-state index contributed by atoms with van der Waals surface area (Å²) in [7, 11) is 1.69. The van der Waals surface area contributed by atoms with Gasteiger partial charge in [0.05, 0.1) is 23.4 Å². The summed E-state index contributed by atoms with van der Waals surface area (Å²) >= 11 is 0. The average Bonchev–Trinajstić information content (AvgIpc) is 2.89. The van der Waals surface area contributed by atoms with E-state index in [0.717, 1.165) is 5.56 Å². The lowest BCUT2D eigenvalue weighted by molar-refractivity contribution is 0.129. The number of rotatable bonds is 4. The van der Waals surface area contributed by atoms with E-state index in [1.807, 2.05) is 0 Å². The molecule has 0 amide bonds. The fourth-order valence-electron chi connectivity index (χ4n) is 5.23. The number of piperazine rings is 1. The number of hydrogen-bond donors (Lipinski definition) is 0. The zero-order valence-electron chi connectivity index (χ0n) is 20.8. The standard InChI is InChI=1S/C28H26F2N6O/c1-17-16-36(28(19-5-7-21(29)8-6-19)20-11-22(30)14-32-13-20)18(2)15-35(17)24-12-26(37)34(4)23-9-10-25(31-3)33-27(23)24/h5-14,17-18,28H,15-16H2,1-2,4H3/t17-,18+,28?/m0/s1. The van der Waals surface area contributed by atoms with Crippen LogP contribution in [0, 0.1) is 18.2 Å². The van der Waals surface area contributed by atoms with Crippen LogP contribution in [-0.4, -0.2) is 44.6 Å². The molecule has 7 nitrogen and oxygen atoms in total. The third-order valence-electron chi connectivity index (χ3n) is 7.07. The van der Waals surface area contributed by atoms with E-state index in [1.54, 1.807) is 43.6 Å². The van der Waals surface area contributed by atoms with Gasteiger partial charge in [0.2, 0.25) is 5.52 Å². The molecule has 5 rings (SSSR count). The molecule has 0 spiro atoms. The molecule has 9 heteroatoms. The first-order valence-corrected chi connectivity index (χ1v) is 12.0. The van der Waals surface area contributed by atoms with Crippen LogP contribution >= 0.6 is 0 Å². The van der Waals surface area contributed by atoms with Crippen molar-refractivity contribution < 1.29 is 8.78 Å². The van der Waals surface area contributed by atoms with Gasteiger partial charge in [0.15, 0.2) is 0 Å². The number of aryl methyl sites for hydroxylation is 1. The van der Waals surface area contributed by atoms with E-state index in [1.165, 1.54) is 29.0 Å². The Kier molecular flexibility index (Phi) is 6.44. The minimum Gasteiger partial charge on any atom is -0.362 e. The van der Waals surface area contributed by atoms with Crippen molar-refractivity contribution in [3.63, 3.8) is 0 Å². The Labute approximate surface area is 213 Å². The Balaban J connectivity index is 1.56. The highest BCUT2D eigenvalue weighted by Gasteiger charge is 2.36. The van der Waals surface area contributed by atoms with Crippen LogP contribution in [0.4, 0.5) is 20.3 Å². The summed E-state index contributed by atoms with van der Waals surface area (Å²) in [6, 6.07) is 12.3. The minimum atomic E-state index is -0.433. The third-order valence-corrected chi connectivity index (χ3v) is 7.07. The first-order valence-electron chi connectivity index (χ1n) is 12.0. The molecule has 0 radical (unpaired) electrons. The van der Waals surface area contributed by atoms with Gasteiger partial charge in [-0.25, -0.2) is 8.78 Å². The Morgan fingerprint density at radius 3 is 2.43 bits per heavy atom. The van der Waals surface area contributed by atoms with Crippen LogP contribution < -0.4 is 10.5 Å². The van der Waals surface area contributed by atoms with Gasteiger partial charge in [-0.15, -0.1) is 4.98 Å². The van der Waals surface area contributed by atoms with Crippen molar-refractivity contribution in [1.29, 1.82) is 0 Å². The Morgan fingerprint density at radius 2 is 1.73 bits per heavy atom. The summed E-state index contributed by atoms with van der Waals surface area (Å²) in [5.74, 6) is -0.506. The normalized spacial score (nSPS) is 19.1.